The fourth-order valence-corrected chi connectivity index (χ4v) is 4.09. The van der Waals surface area contributed by atoms with E-state index in [9.17, 15) is 0 Å². The topological polar surface area (TPSA) is 285 Å². The van der Waals surface area contributed by atoms with Crippen molar-refractivity contribution >= 4 is 0 Å². The summed E-state index contributed by atoms with van der Waals surface area (Å²) in [5.41, 5.74) is 0. The van der Waals surface area contributed by atoms with Gasteiger partial charge < -0.3 is 0 Å². The Hall–Kier alpha value is -4.20. The largest absolute Gasteiger partial charge is 2.00 e. The van der Waals surface area contributed by atoms with Crippen molar-refractivity contribution in [2.45, 2.75) is 0 Å². The molecule has 0 bridgehead atoms. The second-order valence-corrected chi connectivity index (χ2v) is 27.8. The summed E-state index contributed by atoms with van der Waals surface area (Å²) in [5.74, 6) is 0. The molecule has 0 aliphatic rings. The van der Waals surface area contributed by atoms with E-state index in [0.29, 0.717) is 0 Å². The van der Waals surface area contributed by atoms with E-state index in [4.69, 9.17) is 63.1 Å². The summed E-state index contributed by atoms with van der Waals surface area (Å²) in [6.07, 6.45) is 0. The molecule has 0 atom stereocenters. The van der Waals surface area contributed by atoms with E-state index >= 15 is 0 Å². The molecule has 0 aliphatic heterocycles. The van der Waals surface area contributed by atoms with Crippen LogP contribution >= 0.6 is 0 Å². The van der Waals surface area contributed by atoms with Gasteiger partial charge >= 0.3 is 163 Å². The van der Waals surface area contributed by atoms with E-state index in [0.717, 1.165) is 55.0 Å². The number of hydrogen-bond acceptors (Lipinski definition) is 12. The molecular weight excluding hydrogens is 762 g/mol. The fourth-order valence-electron chi connectivity index (χ4n) is 0.500. The molecule has 0 heterocycles. The molecule has 0 rings (SSSR count). The SMILES string of the molecule is N#[C][Ir-]([C]#N)([C]#N)([C]#N)([C]#N)[C]#N.N#[C][Ir-]([C]#N)([C]#N)([C]#N)([C]#N)[C]#N.[Zn+2]. The van der Waals surface area contributed by atoms with Gasteiger partial charge in [-0.1, -0.05) is 0 Å². The van der Waals surface area contributed by atoms with Gasteiger partial charge in [-0.3, -0.25) is 0 Å². The van der Waals surface area contributed by atoms with E-state index in [-0.39, 0.29) is 19.5 Å². The van der Waals surface area contributed by atoms with Crippen molar-refractivity contribution < 1.29 is 45.2 Å². The second kappa shape index (κ2) is 6.60. The van der Waals surface area contributed by atoms with Gasteiger partial charge in [0.1, 0.15) is 0 Å². The van der Waals surface area contributed by atoms with Crippen molar-refractivity contribution in [3.63, 3.8) is 0 Å². The molecule has 27 heavy (non-hydrogen) atoms. The quantitative estimate of drug-likeness (QED) is 0.299. The third-order valence-corrected chi connectivity index (χ3v) is 18.3. The molecule has 0 saturated heterocycles. The maximum absolute atomic E-state index is 8.60. The summed E-state index contributed by atoms with van der Waals surface area (Å²) in [7, 11) is 0. The molecular formula is C12Ir2N12Zn. The van der Waals surface area contributed by atoms with Gasteiger partial charge in [0, 0.05) is 0 Å². The smallest absolute Gasteiger partial charge is 2.00 e. The predicted octanol–water partition coefficient (Wildman–Crippen LogP) is 0.194. The van der Waals surface area contributed by atoms with Gasteiger partial charge in [0.15, 0.2) is 0 Å². The van der Waals surface area contributed by atoms with Crippen LogP contribution in [-0.2, 0) is 45.2 Å². The van der Waals surface area contributed by atoms with E-state index in [1.165, 1.54) is 0 Å². The first-order chi connectivity index (χ1) is 11.9. The molecule has 0 unspecified atom stereocenters. The van der Waals surface area contributed by atoms with Gasteiger partial charge in [0.2, 0.25) is 0 Å². The Kier molecular flexibility index (Phi) is 6.76. The second-order valence-electron chi connectivity index (χ2n) is 3.39. The number of nitriles is 12. The van der Waals surface area contributed by atoms with Crippen LogP contribution in [0.3, 0.4) is 0 Å². The Morgan fingerprint density at radius 3 is 0.333 bits per heavy atom. The molecule has 15 heteroatoms. The van der Waals surface area contributed by atoms with Gasteiger partial charge in [-0.2, -0.15) is 0 Å². The van der Waals surface area contributed by atoms with Crippen molar-refractivity contribution in [1.82, 2.24) is 0 Å². The molecule has 0 aromatic carbocycles. The maximum Gasteiger partial charge on any atom is 2.00 e. The molecule has 0 aliphatic carbocycles. The van der Waals surface area contributed by atoms with Crippen LogP contribution in [0.2, 0.25) is 0 Å². The number of hydrogen-bond donors (Lipinski definition) is 0. The minimum Gasteiger partial charge on any atom is 2.00 e. The van der Waals surface area contributed by atoms with Crippen molar-refractivity contribution in [3.8, 4) is 55.0 Å². The van der Waals surface area contributed by atoms with E-state index in [2.05, 4.69) is 0 Å². The Morgan fingerprint density at radius 1 is 0.259 bits per heavy atom. The zero-order valence-corrected chi connectivity index (χ0v) is 20.5. The summed E-state index contributed by atoms with van der Waals surface area (Å²) >= 11 is -13.4. The zero-order valence-electron chi connectivity index (χ0n) is 12.7. The first-order valence-electron chi connectivity index (χ1n) is 4.68. The van der Waals surface area contributed by atoms with Gasteiger partial charge in [0.05, 0.1) is 0 Å². The minimum absolute atomic E-state index is 0. The summed E-state index contributed by atoms with van der Waals surface area (Å²) < 4.78 is 12.9. The molecule has 0 N–H and O–H groups in total. The van der Waals surface area contributed by atoms with Crippen molar-refractivity contribution in [3.05, 3.63) is 0 Å². The molecule has 0 saturated carbocycles. The number of rotatable bonds is 0. The average Bonchev–Trinajstić information content (AvgIpc) is 2.77. The Labute approximate surface area is 162 Å². The normalized spacial score (nSPS) is 12.9. The zero-order chi connectivity index (χ0) is 21.3. The van der Waals surface area contributed by atoms with Crippen molar-refractivity contribution in [2.24, 2.45) is 0 Å². The Bertz CT molecular complexity index is 882. The van der Waals surface area contributed by atoms with Crippen molar-refractivity contribution in [2.75, 3.05) is 0 Å². The summed E-state index contributed by atoms with van der Waals surface area (Å²) in [6.45, 7) is 0. The Morgan fingerprint density at radius 2 is 0.333 bits per heavy atom. The molecule has 0 spiro atoms. The van der Waals surface area contributed by atoms with Gasteiger partial charge in [-0.25, -0.2) is 0 Å². The number of nitrogens with zero attached hydrogens (tertiary/aromatic N) is 12. The molecule has 0 aromatic rings. The van der Waals surface area contributed by atoms with Crippen LogP contribution in [0.1, 0.15) is 0 Å². The summed E-state index contributed by atoms with van der Waals surface area (Å²) in [5, 5.41) is 103. The van der Waals surface area contributed by atoms with E-state index in [1.807, 2.05) is 0 Å². The van der Waals surface area contributed by atoms with Crippen LogP contribution in [0.5, 0.6) is 0 Å². The van der Waals surface area contributed by atoms with Crippen LogP contribution in [0.15, 0.2) is 0 Å². The summed E-state index contributed by atoms with van der Waals surface area (Å²) in [4.78, 5) is 0. The van der Waals surface area contributed by atoms with Crippen molar-refractivity contribution in [1.29, 1.82) is 63.1 Å². The monoisotopic (exact) mass is 762 g/mol. The van der Waals surface area contributed by atoms with Crippen LogP contribution in [0.4, 0.5) is 0 Å². The maximum atomic E-state index is 8.60. The summed E-state index contributed by atoms with van der Waals surface area (Å²) in [6, 6.07) is 0. The van der Waals surface area contributed by atoms with Gasteiger partial charge in [0.25, 0.3) is 0 Å². The van der Waals surface area contributed by atoms with Crippen LogP contribution in [-0.4, -0.2) is 0 Å². The molecule has 0 amide bonds. The molecule has 0 fully saturated rings. The fraction of sp³-hybridized carbons (Fsp3) is 0. The van der Waals surface area contributed by atoms with E-state index in [1.54, 1.807) is 0 Å². The molecule has 0 aromatic heterocycles. The van der Waals surface area contributed by atoms with Crippen LogP contribution in [0.25, 0.3) is 0 Å². The Balaban J connectivity index is -0.000000411. The van der Waals surface area contributed by atoms with Crippen LogP contribution < -0.4 is 0 Å². The third kappa shape index (κ3) is 2.75. The average molecular weight is 762 g/mol. The molecule has 12 nitrogen and oxygen atoms in total. The predicted molar refractivity (Wildman–Crippen MR) is 67.4 cm³/mol. The standard InChI is InChI=1S/12CN.2Ir.Zn/c12*1-2;;;/q;;;;;;;;;;;;2*-1;+2. The van der Waals surface area contributed by atoms with E-state index < -0.39 is 25.7 Å². The van der Waals surface area contributed by atoms with Gasteiger partial charge in [-0.05, 0) is 0 Å². The molecule has 0 radical (unpaired) electrons. The third-order valence-electron chi connectivity index (χ3n) is 2.24. The minimum atomic E-state index is -6.69. The van der Waals surface area contributed by atoms with Crippen LogP contribution in [0, 0.1) is 118 Å². The first-order valence-corrected chi connectivity index (χ1v) is 19.1. The first kappa shape index (κ1) is 27.6. The molecule has 128 valence electrons. The van der Waals surface area contributed by atoms with Gasteiger partial charge in [-0.15, -0.1) is 0 Å².